The van der Waals surface area contributed by atoms with Crippen molar-refractivity contribution in [2.24, 2.45) is 12.0 Å². The summed E-state index contributed by atoms with van der Waals surface area (Å²) in [5.41, 5.74) is 3.73. The zero-order chi connectivity index (χ0) is 27.6. The highest BCUT2D eigenvalue weighted by Crippen LogP contribution is 2.37. The molecule has 0 radical (unpaired) electrons. The molecule has 1 aromatic carbocycles. The maximum Gasteiger partial charge on any atom is 0.246 e. The number of benzene rings is 1. The van der Waals surface area contributed by atoms with E-state index in [0.717, 1.165) is 73.9 Å². The van der Waals surface area contributed by atoms with Gasteiger partial charge in [0.1, 0.15) is 17.2 Å². The molecular formula is C31H40N6O2. The number of allylic oxidation sites excluding steroid dienone is 2. The number of fused-ring (bicyclic) bond motifs is 1. The molecule has 0 saturated carbocycles. The average Bonchev–Trinajstić information content (AvgIpc) is 3.57. The lowest BCUT2D eigenvalue weighted by Crippen LogP contribution is -2.43. The van der Waals surface area contributed by atoms with Gasteiger partial charge in [0.15, 0.2) is 0 Å². The maximum atomic E-state index is 12.0. The van der Waals surface area contributed by atoms with Crippen LogP contribution in [-0.2, 0) is 11.8 Å². The Hall–Kier alpha value is -3.65. The van der Waals surface area contributed by atoms with Gasteiger partial charge in [-0.15, -0.1) is 0 Å². The Balaban J connectivity index is 1.32. The highest BCUT2D eigenvalue weighted by molar-refractivity contribution is 5.95. The van der Waals surface area contributed by atoms with Crippen molar-refractivity contribution >= 4 is 23.0 Å². The van der Waals surface area contributed by atoms with E-state index in [-0.39, 0.29) is 5.91 Å². The molecule has 1 aromatic heterocycles. The minimum atomic E-state index is -0.556. The number of aromatic nitrogens is 2. The van der Waals surface area contributed by atoms with E-state index in [1.54, 1.807) is 4.68 Å². The van der Waals surface area contributed by atoms with Crippen LogP contribution in [0.5, 0.6) is 5.75 Å². The fourth-order valence-electron chi connectivity index (χ4n) is 5.90. The molecule has 3 aliphatic heterocycles. The third-order valence-electron chi connectivity index (χ3n) is 7.92. The van der Waals surface area contributed by atoms with E-state index in [1.165, 1.54) is 11.6 Å². The van der Waals surface area contributed by atoms with Gasteiger partial charge in [0.25, 0.3) is 0 Å². The summed E-state index contributed by atoms with van der Waals surface area (Å²) in [6, 6.07) is 7.00. The number of carbonyl (C=O) groups is 1. The molecule has 4 heterocycles. The standard InChI is InChI=1S/C31H40N6O2/c1-6-30(38)37-16-12-27(21-37)36-14-10-23(11-15-36)24-7-8-29-28(17-24)34-22(2)32-13-9-25(18-31(3,4)39-29)26-19-33-35(5)20-26/h6-9,13,17-20,23,27H,1,10-12,14-16,21H2,2-5H3,(H,32,34)/b13-9-,25-18-. The molecule has 2 aromatic rings. The quantitative estimate of drug-likeness (QED) is 0.567. The molecule has 1 unspecified atom stereocenters. The molecule has 2 saturated heterocycles. The van der Waals surface area contributed by atoms with E-state index < -0.39 is 5.60 Å². The maximum absolute atomic E-state index is 12.0. The van der Waals surface area contributed by atoms with E-state index in [9.17, 15) is 4.79 Å². The monoisotopic (exact) mass is 528 g/mol. The molecule has 3 aliphatic rings. The van der Waals surface area contributed by atoms with Gasteiger partial charge in [-0.05, 0) is 101 Å². The van der Waals surface area contributed by atoms with E-state index in [1.807, 2.05) is 43.5 Å². The van der Waals surface area contributed by atoms with Crippen LogP contribution in [0.4, 0.5) is 5.69 Å². The van der Waals surface area contributed by atoms with Crippen LogP contribution >= 0.6 is 0 Å². The van der Waals surface area contributed by atoms with Crippen LogP contribution in [0.2, 0.25) is 0 Å². The number of nitrogens with zero attached hydrogens (tertiary/aromatic N) is 5. The summed E-state index contributed by atoms with van der Waals surface area (Å²) in [5, 5.41) is 7.82. The lowest BCUT2D eigenvalue weighted by molar-refractivity contribution is -0.125. The molecule has 0 bridgehead atoms. The third-order valence-corrected chi connectivity index (χ3v) is 7.92. The molecule has 8 nitrogen and oxygen atoms in total. The van der Waals surface area contributed by atoms with Gasteiger partial charge in [0.05, 0.1) is 11.9 Å². The van der Waals surface area contributed by atoms with Crippen molar-refractivity contribution in [1.29, 1.82) is 0 Å². The Bertz CT molecular complexity index is 1310. The van der Waals surface area contributed by atoms with Gasteiger partial charge in [0.2, 0.25) is 5.91 Å². The second-order valence-corrected chi connectivity index (χ2v) is 11.4. The largest absolute Gasteiger partial charge is 0.482 e. The first-order valence-corrected chi connectivity index (χ1v) is 13.9. The first-order valence-electron chi connectivity index (χ1n) is 13.9. The van der Waals surface area contributed by atoms with Crippen molar-refractivity contribution in [2.45, 2.75) is 57.6 Å². The fraction of sp³-hybridized carbons (Fsp3) is 0.452. The molecule has 39 heavy (non-hydrogen) atoms. The number of nitrogens with one attached hydrogen (secondary N) is 1. The Morgan fingerprint density at radius 1 is 1.21 bits per heavy atom. The number of piperidine rings is 1. The smallest absolute Gasteiger partial charge is 0.246 e. The van der Waals surface area contributed by atoms with Crippen LogP contribution in [0.25, 0.3) is 5.57 Å². The molecule has 8 heteroatoms. The number of carbonyl (C=O) groups excluding carboxylic acids is 1. The van der Waals surface area contributed by atoms with Gasteiger partial charge in [-0.25, -0.2) is 4.99 Å². The molecule has 1 amide bonds. The van der Waals surface area contributed by atoms with Crippen LogP contribution in [0.15, 0.2) is 66.6 Å². The van der Waals surface area contributed by atoms with E-state index in [2.05, 4.69) is 65.0 Å². The van der Waals surface area contributed by atoms with Crippen molar-refractivity contribution in [3.63, 3.8) is 0 Å². The Kier molecular flexibility index (Phi) is 7.75. The molecule has 2 fully saturated rings. The van der Waals surface area contributed by atoms with Crippen LogP contribution in [-0.4, -0.2) is 69.1 Å². The number of hydrogen-bond acceptors (Lipinski definition) is 6. The first-order chi connectivity index (χ1) is 18.7. The van der Waals surface area contributed by atoms with Crippen LogP contribution in [0.1, 0.15) is 57.1 Å². The number of hydrogen-bond donors (Lipinski definition) is 1. The fourth-order valence-corrected chi connectivity index (χ4v) is 5.90. The second kappa shape index (κ2) is 11.2. The summed E-state index contributed by atoms with van der Waals surface area (Å²) in [4.78, 5) is 21.1. The van der Waals surface area contributed by atoms with Crippen molar-refractivity contribution in [2.75, 3.05) is 31.5 Å². The SMILES string of the molecule is C=CC(=O)N1CCC(N2CCC(c3ccc4c(c3)NC(C)=N/C=C\C(c3cnn(C)c3)=C\C(C)(C)O4)CC2)C1. The van der Waals surface area contributed by atoms with Gasteiger partial charge in [-0.1, -0.05) is 12.6 Å². The van der Waals surface area contributed by atoms with Crippen molar-refractivity contribution in [3.05, 3.63) is 72.7 Å². The molecule has 0 aliphatic carbocycles. The third kappa shape index (κ3) is 6.33. The lowest BCUT2D eigenvalue weighted by Gasteiger charge is -2.36. The van der Waals surface area contributed by atoms with Crippen molar-refractivity contribution in [3.8, 4) is 5.75 Å². The highest BCUT2D eigenvalue weighted by atomic mass is 16.5. The predicted octanol–water partition coefficient (Wildman–Crippen LogP) is 4.99. The topological polar surface area (TPSA) is 75.0 Å². The van der Waals surface area contributed by atoms with Gasteiger partial charge >= 0.3 is 0 Å². The van der Waals surface area contributed by atoms with Crippen LogP contribution in [0, 0.1) is 0 Å². The van der Waals surface area contributed by atoms with Crippen LogP contribution in [0.3, 0.4) is 0 Å². The summed E-state index contributed by atoms with van der Waals surface area (Å²) in [5.74, 6) is 2.14. The highest BCUT2D eigenvalue weighted by Gasteiger charge is 2.32. The molecule has 0 spiro atoms. The minimum absolute atomic E-state index is 0.0476. The number of aliphatic imine (C=N–C) groups is 1. The predicted molar refractivity (Wildman–Crippen MR) is 157 cm³/mol. The number of ether oxygens (including phenoxy) is 1. The lowest BCUT2D eigenvalue weighted by atomic mass is 9.88. The molecular weight excluding hydrogens is 488 g/mol. The summed E-state index contributed by atoms with van der Waals surface area (Å²) >= 11 is 0. The Labute approximate surface area is 231 Å². The zero-order valence-corrected chi connectivity index (χ0v) is 23.6. The normalized spacial score (nSPS) is 24.3. The molecule has 5 rings (SSSR count). The van der Waals surface area contributed by atoms with Gasteiger partial charge in [-0.3, -0.25) is 14.4 Å². The number of anilines is 1. The van der Waals surface area contributed by atoms with E-state index in [4.69, 9.17) is 4.74 Å². The first kappa shape index (κ1) is 26.9. The van der Waals surface area contributed by atoms with Gasteiger partial charge in [0, 0.05) is 44.1 Å². The van der Waals surface area contributed by atoms with Gasteiger partial charge < -0.3 is 15.0 Å². The van der Waals surface area contributed by atoms with Crippen molar-refractivity contribution in [1.82, 2.24) is 19.6 Å². The summed E-state index contributed by atoms with van der Waals surface area (Å²) in [7, 11) is 1.92. The van der Waals surface area contributed by atoms with E-state index >= 15 is 0 Å². The van der Waals surface area contributed by atoms with E-state index in [0.29, 0.717) is 12.0 Å². The average molecular weight is 529 g/mol. The number of amides is 1. The number of rotatable bonds is 4. The number of aryl methyl sites for hydroxylation is 1. The summed E-state index contributed by atoms with van der Waals surface area (Å²) in [6.07, 6.45) is 14.5. The summed E-state index contributed by atoms with van der Waals surface area (Å²) < 4.78 is 8.38. The van der Waals surface area contributed by atoms with Crippen molar-refractivity contribution < 1.29 is 9.53 Å². The molecule has 1 N–H and O–H groups in total. The molecule has 206 valence electrons. The van der Waals surface area contributed by atoms with Crippen LogP contribution < -0.4 is 10.1 Å². The van der Waals surface area contributed by atoms with Gasteiger partial charge in [-0.2, -0.15) is 5.10 Å². The second-order valence-electron chi connectivity index (χ2n) is 11.4. The Morgan fingerprint density at radius 2 is 2.00 bits per heavy atom. The number of amidine groups is 1. The zero-order valence-electron chi connectivity index (χ0n) is 23.6. The summed E-state index contributed by atoms with van der Waals surface area (Å²) in [6.45, 7) is 13.5. The number of likely N-dealkylation sites (tertiary alicyclic amines) is 2. The minimum Gasteiger partial charge on any atom is -0.482 e. The Morgan fingerprint density at radius 3 is 2.72 bits per heavy atom. The molecule has 1 atom stereocenters.